The molecule has 0 saturated heterocycles. The highest BCUT2D eigenvalue weighted by Crippen LogP contribution is 2.34. The van der Waals surface area contributed by atoms with Crippen molar-refractivity contribution in [2.75, 3.05) is 12.4 Å². The van der Waals surface area contributed by atoms with E-state index in [1.807, 2.05) is 5.38 Å². The molecule has 1 aromatic rings. The fourth-order valence-electron chi connectivity index (χ4n) is 2.51. The highest BCUT2D eigenvalue weighted by Gasteiger charge is 2.25. The summed E-state index contributed by atoms with van der Waals surface area (Å²) in [6, 6.07) is 0.319. The van der Waals surface area contributed by atoms with Crippen molar-refractivity contribution in [1.82, 2.24) is 15.6 Å². The van der Waals surface area contributed by atoms with Crippen LogP contribution in [0.5, 0.6) is 0 Å². The molecule has 15 nitrogen and oxygen atoms in total. The molecule has 28 heavy (non-hydrogen) atoms. The quantitative estimate of drug-likeness (QED) is 0.144. The molecule has 1 aliphatic rings. The summed E-state index contributed by atoms with van der Waals surface area (Å²) in [5.74, 6) is 0.689. The predicted molar refractivity (Wildman–Crippen MR) is 100 cm³/mol. The minimum absolute atomic E-state index is 0.0865. The molecule has 16 heteroatoms. The van der Waals surface area contributed by atoms with Crippen LogP contribution in [0.3, 0.4) is 0 Å². The van der Waals surface area contributed by atoms with Gasteiger partial charge in [0.1, 0.15) is 0 Å². The summed E-state index contributed by atoms with van der Waals surface area (Å²) in [4.78, 5) is 21.2. The normalized spacial score (nSPS) is 17.5. The molecule has 1 fully saturated rings. The molecule has 1 aromatic heterocycles. The Hall–Kier alpha value is -3.43. The first-order valence-corrected chi connectivity index (χ1v) is 8.68. The molecule has 0 bridgehead atoms. The zero-order chi connectivity index (χ0) is 21.7. The van der Waals surface area contributed by atoms with Gasteiger partial charge in [0.15, 0.2) is 17.1 Å². The van der Waals surface area contributed by atoms with Crippen LogP contribution in [-0.2, 0) is 0 Å². The number of hydrogen-bond acceptors (Lipinski definition) is 8. The molecule has 0 aliphatic heterocycles. The maximum Gasteiger partial charge on any atom is 0.291 e. The van der Waals surface area contributed by atoms with E-state index in [9.17, 15) is 0 Å². The molecule has 2 atom stereocenters. The van der Waals surface area contributed by atoms with Crippen molar-refractivity contribution in [3.63, 3.8) is 0 Å². The second-order valence-electron chi connectivity index (χ2n) is 5.42. The van der Waals surface area contributed by atoms with E-state index in [1.165, 1.54) is 11.3 Å². The lowest BCUT2D eigenvalue weighted by molar-refractivity contribution is -0.742. The number of nitrogens with two attached hydrogens (primary N) is 1. The topological polar surface area (TPSA) is 249 Å². The molecule has 0 aromatic carbocycles. The Morgan fingerprint density at radius 1 is 1.32 bits per heavy atom. The summed E-state index contributed by atoms with van der Waals surface area (Å²) in [7, 11) is 1.75. The van der Waals surface area contributed by atoms with Gasteiger partial charge in [0.05, 0.1) is 5.69 Å². The molecule has 1 heterocycles. The maximum absolute atomic E-state index is 8.36. The van der Waals surface area contributed by atoms with Gasteiger partial charge in [0.2, 0.25) is 0 Å². The van der Waals surface area contributed by atoms with Crippen molar-refractivity contribution in [2.24, 2.45) is 5.73 Å². The molecule has 0 spiro atoms. The molecule has 0 radical (unpaired) electrons. The molecule has 158 valence electrons. The Morgan fingerprint density at radius 3 is 2.39 bits per heavy atom. The first kappa shape index (κ1) is 24.6. The number of rotatable bonds is 3. The number of aromatic nitrogens is 1. The monoisotopic (exact) mass is 421 g/mol. The van der Waals surface area contributed by atoms with Crippen molar-refractivity contribution < 1.29 is 20.6 Å². The molecule has 1 saturated carbocycles. The Bertz CT molecular complexity index is 650. The van der Waals surface area contributed by atoms with E-state index in [0.29, 0.717) is 23.1 Å². The third-order valence-electron chi connectivity index (χ3n) is 3.45. The van der Waals surface area contributed by atoms with Crippen LogP contribution in [0.1, 0.15) is 37.3 Å². The van der Waals surface area contributed by atoms with Crippen LogP contribution in [0.2, 0.25) is 0 Å². The number of anilines is 1. The van der Waals surface area contributed by atoms with Gasteiger partial charge in [0, 0.05) is 24.4 Å². The summed E-state index contributed by atoms with van der Waals surface area (Å²) in [6.07, 6.45) is 4.32. The number of hydrogen-bond donors (Lipinski definition) is 8. The van der Waals surface area contributed by atoms with E-state index in [0.717, 1.165) is 31.4 Å². The lowest BCUT2D eigenvalue weighted by atomic mass is 9.84. The van der Waals surface area contributed by atoms with Gasteiger partial charge < -0.3 is 32.1 Å². The van der Waals surface area contributed by atoms with Crippen LogP contribution in [0.15, 0.2) is 5.38 Å². The van der Waals surface area contributed by atoms with Crippen LogP contribution in [0.25, 0.3) is 0 Å². The second kappa shape index (κ2) is 12.8. The summed E-state index contributed by atoms with van der Waals surface area (Å²) >= 11 is 1.47. The Balaban J connectivity index is 0.000000776. The SMILES string of the molecule is CNC(=N)NC1CCCC(c2csc(NC(=N)N)n2)C1.O=[N+]([O-])O.O=[N+]([O-])O. The van der Waals surface area contributed by atoms with Gasteiger partial charge in [0.25, 0.3) is 10.2 Å². The number of nitrogens with one attached hydrogen (secondary N) is 5. The Kier molecular flexibility index (Phi) is 11.3. The fraction of sp³-hybridized carbons (Fsp3) is 0.583. The van der Waals surface area contributed by atoms with E-state index in [-0.39, 0.29) is 5.96 Å². The van der Waals surface area contributed by atoms with Gasteiger partial charge in [-0.15, -0.1) is 31.6 Å². The summed E-state index contributed by atoms with van der Waals surface area (Å²) in [5, 5.41) is 53.5. The Labute approximate surface area is 163 Å². The van der Waals surface area contributed by atoms with Gasteiger partial charge in [-0.1, -0.05) is 6.42 Å². The van der Waals surface area contributed by atoms with Gasteiger partial charge in [-0.2, -0.15) is 0 Å². The molecular formula is C12H23N9O6S. The van der Waals surface area contributed by atoms with Crippen molar-refractivity contribution in [1.29, 1.82) is 10.8 Å². The van der Waals surface area contributed by atoms with Crippen LogP contribution >= 0.6 is 11.3 Å². The van der Waals surface area contributed by atoms with E-state index in [4.69, 9.17) is 47.2 Å². The maximum atomic E-state index is 8.36. The van der Waals surface area contributed by atoms with E-state index < -0.39 is 10.2 Å². The van der Waals surface area contributed by atoms with Crippen LogP contribution in [0, 0.1) is 31.0 Å². The number of nitrogens with zero attached hydrogens (tertiary/aromatic N) is 3. The average molecular weight is 421 g/mol. The van der Waals surface area contributed by atoms with Gasteiger partial charge >= 0.3 is 0 Å². The molecule has 1 aliphatic carbocycles. The highest BCUT2D eigenvalue weighted by molar-refractivity contribution is 7.13. The third kappa shape index (κ3) is 12.0. The molecular weight excluding hydrogens is 398 g/mol. The van der Waals surface area contributed by atoms with Crippen LogP contribution < -0.4 is 21.7 Å². The minimum Gasteiger partial charge on any atom is -0.370 e. The first-order valence-electron chi connectivity index (χ1n) is 7.81. The van der Waals surface area contributed by atoms with Gasteiger partial charge in [-0.3, -0.25) is 10.8 Å². The largest absolute Gasteiger partial charge is 0.370 e. The molecule has 2 rings (SSSR count). The van der Waals surface area contributed by atoms with E-state index >= 15 is 0 Å². The smallest absolute Gasteiger partial charge is 0.291 e. The molecule has 2 unspecified atom stereocenters. The average Bonchev–Trinajstić information content (AvgIpc) is 3.01. The van der Waals surface area contributed by atoms with Crippen molar-refractivity contribution in [3.05, 3.63) is 31.3 Å². The predicted octanol–water partition coefficient (Wildman–Crippen LogP) is 0.523. The molecule has 0 amide bonds. The van der Waals surface area contributed by atoms with Gasteiger partial charge in [-0.25, -0.2) is 4.98 Å². The number of guanidine groups is 2. The highest BCUT2D eigenvalue weighted by atomic mass is 32.1. The number of thiazole rings is 1. The second-order valence-corrected chi connectivity index (χ2v) is 6.28. The van der Waals surface area contributed by atoms with E-state index in [2.05, 4.69) is 20.9 Å². The lowest BCUT2D eigenvalue weighted by Gasteiger charge is -2.29. The van der Waals surface area contributed by atoms with Crippen molar-refractivity contribution in [2.45, 2.75) is 37.6 Å². The van der Waals surface area contributed by atoms with Crippen LogP contribution in [-0.4, -0.2) is 50.6 Å². The lowest BCUT2D eigenvalue weighted by Crippen LogP contribution is -2.43. The minimum atomic E-state index is -1.50. The third-order valence-corrected chi connectivity index (χ3v) is 4.23. The van der Waals surface area contributed by atoms with Crippen LogP contribution in [0.4, 0.5) is 5.13 Å². The Morgan fingerprint density at radius 2 is 1.89 bits per heavy atom. The summed E-state index contributed by atoms with van der Waals surface area (Å²) in [6.45, 7) is 0. The van der Waals surface area contributed by atoms with Gasteiger partial charge in [-0.05, 0) is 19.3 Å². The van der Waals surface area contributed by atoms with E-state index in [1.54, 1.807) is 7.05 Å². The summed E-state index contributed by atoms with van der Waals surface area (Å²) in [5.41, 5.74) is 6.36. The zero-order valence-corrected chi connectivity index (χ0v) is 15.7. The standard InChI is InChI=1S/C12H21N7S.2HNO3/c1-16-11(15)17-8-4-2-3-7(5-8)9-6-20-12(18-9)19-10(13)14;2*2-1(3)4/h6-8H,2-5H2,1H3,(H3,15,16,17)(H4,13,14,18,19);2*(H,2,3,4). The zero-order valence-electron chi connectivity index (χ0n) is 14.9. The molecule has 9 N–H and O–H groups in total. The fourth-order valence-corrected chi connectivity index (χ4v) is 3.32. The first-order chi connectivity index (χ1) is 13.0. The van der Waals surface area contributed by atoms with Crippen molar-refractivity contribution >= 4 is 28.4 Å². The summed E-state index contributed by atoms with van der Waals surface area (Å²) < 4.78 is 0. The van der Waals surface area contributed by atoms with Crippen molar-refractivity contribution in [3.8, 4) is 0 Å².